The summed E-state index contributed by atoms with van der Waals surface area (Å²) in [7, 11) is 1.67. The zero-order valence-corrected chi connectivity index (χ0v) is 13.8. The minimum absolute atomic E-state index is 0.307. The number of carboxylic acids is 2. The van der Waals surface area contributed by atoms with E-state index in [9.17, 15) is 5.11 Å². The molecule has 25 heavy (non-hydrogen) atoms. The second kappa shape index (κ2) is 10.7. The first-order valence-electron chi connectivity index (χ1n) is 7.50. The number of hydrogen-bond acceptors (Lipinski definition) is 5. The molecule has 2 aromatic rings. The van der Waals surface area contributed by atoms with Crippen LogP contribution < -0.4 is 10.1 Å². The molecule has 134 valence electrons. The number of rotatable bonds is 6. The van der Waals surface area contributed by atoms with Gasteiger partial charge in [-0.2, -0.15) is 0 Å². The maximum atomic E-state index is 9.19. The van der Waals surface area contributed by atoms with Gasteiger partial charge in [-0.15, -0.1) is 0 Å². The van der Waals surface area contributed by atoms with Crippen molar-refractivity contribution in [2.45, 2.75) is 13.0 Å². The van der Waals surface area contributed by atoms with Crippen LogP contribution in [0.4, 0.5) is 0 Å². The van der Waals surface area contributed by atoms with E-state index in [1.54, 1.807) is 19.2 Å². The fourth-order valence-corrected chi connectivity index (χ4v) is 1.87. The molecule has 0 bridgehead atoms. The van der Waals surface area contributed by atoms with Crippen LogP contribution in [-0.2, 0) is 22.6 Å². The molecule has 0 saturated carbocycles. The van der Waals surface area contributed by atoms with Crippen molar-refractivity contribution in [3.05, 3.63) is 59.7 Å². The highest BCUT2D eigenvalue weighted by Gasteiger charge is 2.04. The Labute approximate surface area is 145 Å². The number of ether oxygens (including phenoxy) is 1. The molecule has 0 spiro atoms. The Morgan fingerprint density at radius 3 is 1.92 bits per heavy atom. The lowest BCUT2D eigenvalue weighted by Crippen LogP contribution is -2.16. The van der Waals surface area contributed by atoms with Gasteiger partial charge >= 0.3 is 11.9 Å². The van der Waals surface area contributed by atoms with Crippen LogP contribution in [0.3, 0.4) is 0 Å². The predicted octanol–water partition coefficient (Wildman–Crippen LogP) is 1.89. The minimum Gasteiger partial charge on any atom is -0.508 e. The average Bonchev–Trinajstić information content (AvgIpc) is 2.61. The summed E-state index contributed by atoms with van der Waals surface area (Å²) in [6, 6.07) is 15.4. The van der Waals surface area contributed by atoms with E-state index in [2.05, 4.69) is 17.4 Å². The van der Waals surface area contributed by atoms with Crippen LogP contribution in [0.2, 0.25) is 0 Å². The molecule has 0 amide bonds. The number of phenols is 1. The van der Waals surface area contributed by atoms with Crippen molar-refractivity contribution in [3.8, 4) is 11.5 Å². The van der Waals surface area contributed by atoms with Gasteiger partial charge in [-0.05, 0) is 48.4 Å². The van der Waals surface area contributed by atoms with Crippen molar-refractivity contribution in [1.29, 1.82) is 0 Å². The summed E-state index contributed by atoms with van der Waals surface area (Å²) in [5.41, 5.74) is 2.46. The van der Waals surface area contributed by atoms with Crippen molar-refractivity contribution in [2.75, 3.05) is 13.7 Å². The van der Waals surface area contributed by atoms with E-state index in [4.69, 9.17) is 24.5 Å². The van der Waals surface area contributed by atoms with Gasteiger partial charge in [0.05, 0.1) is 7.11 Å². The molecular weight excluding hydrogens is 326 g/mol. The topological polar surface area (TPSA) is 116 Å². The molecule has 0 aromatic heterocycles. The van der Waals surface area contributed by atoms with Crippen molar-refractivity contribution >= 4 is 11.9 Å². The van der Waals surface area contributed by atoms with Crippen LogP contribution in [-0.4, -0.2) is 40.9 Å². The molecule has 7 heteroatoms. The van der Waals surface area contributed by atoms with Gasteiger partial charge in [0.2, 0.25) is 0 Å². The molecule has 2 aromatic carbocycles. The molecular formula is C18H21NO6. The van der Waals surface area contributed by atoms with Crippen molar-refractivity contribution in [1.82, 2.24) is 5.32 Å². The Balaban J connectivity index is 0.000000450. The maximum absolute atomic E-state index is 9.19. The number of hydrogen-bond donors (Lipinski definition) is 4. The highest BCUT2D eigenvalue weighted by molar-refractivity contribution is 6.27. The number of phenolic OH excluding ortho intramolecular Hbond substituents is 1. The lowest BCUT2D eigenvalue weighted by atomic mass is 10.1. The number of aliphatic carboxylic acids is 2. The van der Waals surface area contributed by atoms with Crippen LogP contribution in [0.1, 0.15) is 11.1 Å². The standard InChI is InChI=1S/C16H19NO2.C2H2O4/c1-19-16-8-4-13(5-9-16)10-11-17-12-14-2-6-15(18)7-3-14;3-1(4)2(5)6/h2-9,17-18H,10-12H2,1H3;(H,3,4)(H,5,6). The zero-order valence-electron chi connectivity index (χ0n) is 13.8. The first-order valence-corrected chi connectivity index (χ1v) is 7.50. The summed E-state index contributed by atoms with van der Waals surface area (Å²) in [5.74, 6) is -2.45. The third-order valence-corrected chi connectivity index (χ3v) is 3.20. The van der Waals surface area contributed by atoms with Crippen LogP contribution in [0.15, 0.2) is 48.5 Å². The maximum Gasteiger partial charge on any atom is 0.414 e. The molecule has 0 heterocycles. The summed E-state index contributed by atoms with van der Waals surface area (Å²) in [5, 5.41) is 27.4. The minimum atomic E-state index is -1.82. The summed E-state index contributed by atoms with van der Waals surface area (Å²) in [6.45, 7) is 1.74. The molecule has 0 aliphatic carbocycles. The lowest BCUT2D eigenvalue weighted by Gasteiger charge is -2.06. The van der Waals surface area contributed by atoms with Gasteiger partial charge in [0.15, 0.2) is 0 Å². The summed E-state index contributed by atoms with van der Waals surface area (Å²) >= 11 is 0. The lowest BCUT2D eigenvalue weighted by molar-refractivity contribution is -0.159. The Hall–Kier alpha value is -3.06. The molecule has 0 fully saturated rings. The smallest absolute Gasteiger partial charge is 0.414 e. The molecule has 7 nitrogen and oxygen atoms in total. The van der Waals surface area contributed by atoms with Gasteiger partial charge in [-0.3, -0.25) is 0 Å². The van der Waals surface area contributed by atoms with E-state index in [1.807, 2.05) is 24.3 Å². The number of carboxylic acid groups (broad SMARTS) is 2. The van der Waals surface area contributed by atoms with Gasteiger partial charge in [-0.25, -0.2) is 9.59 Å². The quantitative estimate of drug-likeness (QED) is 0.466. The van der Waals surface area contributed by atoms with Gasteiger partial charge in [-0.1, -0.05) is 24.3 Å². The molecule has 0 unspecified atom stereocenters. The van der Waals surface area contributed by atoms with Gasteiger partial charge < -0.3 is 25.4 Å². The number of nitrogens with one attached hydrogen (secondary N) is 1. The first kappa shape index (κ1) is 20.0. The molecule has 0 saturated heterocycles. The third-order valence-electron chi connectivity index (χ3n) is 3.20. The van der Waals surface area contributed by atoms with Crippen molar-refractivity contribution in [2.24, 2.45) is 0 Å². The fraction of sp³-hybridized carbons (Fsp3) is 0.222. The Kier molecular flexibility index (Phi) is 8.53. The predicted molar refractivity (Wildman–Crippen MR) is 91.8 cm³/mol. The Morgan fingerprint density at radius 1 is 0.920 bits per heavy atom. The zero-order chi connectivity index (χ0) is 18.7. The van der Waals surface area contributed by atoms with Gasteiger partial charge in [0.25, 0.3) is 0 Å². The van der Waals surface area contributed by atoms with Gasteiger partial charge in [0.1, 0.15) is 11.5 Å². The van der Waals surface area contributed by atoms with E-state index in [0.29, 0.717) is 5.75 Å². The summed E-state index contributed by atoms with van der Waals surface area (Å²) in [4.78, 5) is 18.2. The van der Waals surface area contributed by atoms with Crippen LogP contribution in [0, 0.1) is 0 Å². The van der Waals surface area contributed by atoms with Crippen molar-refractivity contribution in [3.63, 3.8) is 0 Å². The number of benzene rings is 2. The SMILES string of the molecule is COc1ccc(CCNCc2ccc(O)cc2)cc1.O=C(O)C(=O)O. The average molecular weight is 347 g/mol. The van der Waals surface area contributed by atoms with E-state index >= 15 is 0 Å². The second-order valence-electron chi connectivity index (χ2n) is 5.05. The van der Waals surface area contributed by atoms with E-state index < -0.39 is 11.9 Å². The molecule has 0 aliphatic heterocycles. The number of methoxy groups -OCH3 is 1. The third kappa shape index (κ3) is 8.38. The number of aromatic hydroxyl groups is 1. The molecule has 0 radical (unpaired) electrons. The molecule has 0 atom stereocenters. The van der Waals surface area contributed by atoms with E-state index in [0.717, 1.165) is 25.3 Å². The Morgan fingerprint density at radius 2 is 1.44 bits per heavy atom. The Bertz CT molecular complexity index is 655. The van der Waals surface area contributed by atoms with Crippen LogP contribution >= 0.6 is 0 Å². The largest absolute Gasteiger partial charge is 0.508 e. The first-order chi connectivity index (χ1) is 11.9. The van der Waals surface area contributed by atoms with Crippen LogP contribution in [0.5, 0.6) is 11.5 Å². The highest BCUT2D eigenvalue weighted by Crippen LogP contribution is 2.12. The fourth-order valence-electron chi connectivity index (χ4n) is 1.87. The van der Waals surface area contributed by atoms with Crippen molar-refractivity contribution < 1.29 is 29.6 Å². The normalized spacial score (nSPS) is 9.64. The van der Waals surface area contributed by atoms with E-state index in [-0.39, 0.29) is 0 Å². The summed E-state index contributed by atoms with van der Waals surface area (Å²) in [6.07, 6.45) is 0.988. The second-order valence-corrected chi connectivity index (χ2v) is 5.05. The van der Waals surface area contributed by atoms with Gasteiger partial charge in [0, 0.05) is 6.54 Å². The molecule has 2 rings (SSSR count). The van der Waals surface area contributed by atoms with Crippen LogP contribution in [0.25, 0.3) is 0 Å². The van der Waals surface area contributed by atoms with E-state index in [1.165, 1.54) is 11.1 Å². The summed E-state index contributed by atoms with van der Waals surface area (Å²) < 4.78 is 5.13. The monoisotopic (exact) mass is 347 g/mol. The molecule has 0 aliphatic rings. The number of carbonyl (C=O) groups is 2. The molecule has 4 N–H and O–H groups in total. The highest BCUT2D eigenvalue weighted by atomic mass is 16.5.